The number of carbonyl (C=O) groups is 1. The summed E-state index contributed by atoms with van der Waals surface area (Å²) in [5.41, 5.74) is 3.23. The van der Waals surface area contributed by atoms with E-state index in [4.69, 9.17) is 9.73 Å². The molecule has 0 fully saturated rings. The minimum atomic E-state index is -0.248. The second-order valence-electron chi connectivity index (χ2n) is 5.37. The van der Waals surface area contributed by atoms with Crippen LogP contribution in [0, 0.1) is 0 Å². The van der Waals surface area contributed by atoms with Gasteiger partial charge in [0.15, 0.2) is 0 Å². The van der Waals surface area contributed by atoms with Crippen LogP contribution in [0.3, 0.4) is 0 Å². The van der Waals surface area contributed by atoms with Gasteiger partial charge in [-0.2, -0.15) is 0 Å². The molecule has 3 nitrogen and oxygen atoms in total. The molecule has 0 N–H and O–H groups in total. The first-order chi connectivity index (χ1) is 11.8. The Morgan fingerprint density at radius 2 is 2.04 bits per heavy atom. The van der Waals surface area contributed by atoms with E-state index in [1.54, 1.807) is 11.8 Å². The topological polar surface area (TPSA) is 38.7 Å². The summed E-state index contributed by atoms with van der Waals surface area (Å²) in [4.78, 5) is 18.6. The first-order valence-electron chi connectivity index (χ1n) is 7.75. The van der Waals surface area contributed by atoms with Gasteiger partial charge in [0.05, 0.1) is 18.0 Å². The third-order valence-corrected chi connectivity index (χ3v) is 6.04. The quantitative estimate of drug-likeness (QED) is 0.599. The molecule has 0 amide bonds. The summed E-state index contributed by atoms with van der Waals surface area (Å²) >= 11 is 3.26. The fourth-order valence-corrected chi connectivity index (χ4v) is 4.84. The van der Waals surface area contributed by atoms with Crippen LogP contribution in [0.5, 0.6) is 0 Å². The molecule has 2 heterocycles. The van der Waals surface area contributed by atoms with E-state index in [-0.39, 0.29) is 5.97 Å². The van der Waals surface area contributed by atoms with Gasteiger partial charge in [0.25, 0.3) is 0 Å². The number of hydrogen-bond acceptors (Lipinski definition) is 5. The largest absolute Gasteiger partial charge is 0.462 e. The van der Waals surface area contributed by atoms with Crippen LogP contribution in [-0.2, 0) is 4.74 Å². The van der Waals surface area contributed by atoms with E-state index in [0.717, 1.165) is 37.7 Å². The number of thiophene rings is 1. The zero-order valence-corrected chi connectivity index (χ0v) is 14.7. The number of ether oxygens (including phenoxy) is 1. The first kappa shape index (κ1) is 15.4. The standard InChI is InChI=1S/C19H15NO2S2/c1-2-22-19(21)17-10-13-16(24-17)9-8-14-18(13)23-11-15(20-14)12-6-4-3-5-7-12/h3-10H,2,11H2,1H3. The Kier molecular flexibility index (Phi) is 4.12. The van der Waals surface area contributed by atoms with Gasteiger partial charge >= 0.3 is 5.97 Å². The summed E-state index contributed by atoms with van der Waals surface area (Å²) < 4.78 is 6.21. The van der Waals surface area contributed by atoms with Crippen molar-refractivity contribution < 1.29 is 9.53 Å². The van der Waals surface area contributed by atoms with Gasteiger partial charge in [-0.1, -0.05) is 30.3 Å². The Bertz CT molecular complexity index is 945. The Balaban J connectivity index is 1.77. The number of benzene rings is 2. The van der Waals surface area contributed by atoms with Crippen LogP contribution in [-0.4, -0.2) is 24.0 Å². The van der Waals surface area contributed by atoms with E-state index in [0.29, 0.717) is 11.5 Å². The van der Waals surface area contributed by atoms with Crippen molar-refractivity contribution in [3.63, 3.8) is 0 Å². The van der Waals surface area contributed by atoms with Gasteiger partial charge in [0.2, 0.25) is 0 Å². The molecule has 24 heavy (non-hydrogen) atoms. The van der Waals surface area contributed by atoms with Crippen LogP contribution in [0.4, 0.5) is 5.69 Å². The van der Waals surface area contributed by atoms with E-state index in [1.165, 1.54) is 11.3 Å². The fourth-order valence-electron chi connectivity index (χ4n) is 2.71. The third-order valence-electron chi connectivity index (χ3n) is 3.82. The molecule has 0 radical (unpaired) electrons. The lowest BCUT2D eigenvalue weighted by Crippen LogP contribution is -2.07. The van der Waals surface area contributed by atoms with Crippen molar-refractivity contribution in [1.82, 2.24) is 0 Å². The fraction of sp³-hybridized carbons (Fsp3) is 0.158. The molecule has 0 aliphatic carbocycles. The normalized spacial score (nSPS) is 13.5. The number of fused-ring (bicyclic) bond motifs is 3. The van der Waals surface area contributed by atoms with E-state index in [1.807, 2.05) is 43.3 Å². The first-order valence-corrected chi connectivity index (χ1v) is 9.56. The lowest BCUT2D eigenvalue weighted by molar-refractivity contribution is 0.0532. The maximum atomic E-state index is 12.0. The van der Waals surface area contributed by atoms with Crippen molar-refractivity contribution in [3.8, 4) is 0 Å². The molecule has 0 unspecified atom stereocenters. The van der Waals surface area contributed by atoms with Crippen LogP contribution in [0.15, 0.2) is 58.4 Å². The highest BCUT2D eigenvalue weighted by Gasteiger charge is 2.19. The molecule has 120 valence electrons. The summed E-state index contributed by atoms with van der Waals surface area (Å²) in [6.07, 6.45) is 0. The number of nitrogens with zero attached hydrogens (tertiary/aromatic N) is 1. The van der Waals surface area contributed by atoms with Gasteiger partial charge < -0.3 is 4.74 Å². The molecular formula is C19H15NO2S2. The molecule has 0 atom stereocenters. The van der Waals surface area contributed by atoms with E-state index < -0.39 is 0 Å². The van der Waals surface area contributed by atoms with Crippen molar-refractivity contribution in [3.05, 3.63) is 59.0 Å². The lowest BCUT2D eigenvalue weighted by atomic mass is 10.1. The van der Waals surface area contributed by atoms with E-state index in [9.17, 15) is 4.79 Å². The third kappa shape index (κ3) is 2.74. The molecule has 1 aromatic heterocycles. The second-order valence-corrected chi connectivity index (χ2v) is 7.44. The molecular weight excluding hydrogens is 338 g/mol. The minimum Gasteiger partial charge on any atom is -0.462 e. The Morgan fingerprint density at radius 3 is 2.83 bits per heavy atom. The van der Waals surface area contributed by atoms with Crippen LogP contribution in [0.1, 0.15) is 22.2 Å². The summed E-state index contributed by atoms with van der Waals surface area (Å²) in [6.45, 7) is 2.22. The van der Waals surface area contributed by atoms with Crippen molar-refractivity contribution in [1.29, 1.82) is 0 Å². The van der Waals surface area contributed by atoms with Gasteiger partial charge in [-0.25, -0.2) is 4.79 Å². The summed E-state index contributed by atoms with van der Waals surface area (Å²) in [7, 11) is 0. The van der Waals surface area contributed by atoms with Crippen molar-refractivity contribution in [2.45, 2.75) is 11.8 Å². The Labute approximate surface area is 148 Å². The molecule has 0 saturated carbocycles. The van der Waals surface area contributed by atoms with Crippen molar-refractivity contribution in [2.75, 3.05) is 12.4 Å². The highest BCUT2D eigenvalue weighted by Crippen LogP contribution is 2.43. The number of aliphatic imine (C=N–C) groups is 1. The Hall–Kier alpha value is -2.11. The molecule has 0 saturated heterocycles. The second kappa shape index (κ2) is 6.42. The summed E-state index contributed by atoms with van der Waals surface area (Å²) in [5, 5.41) is 1.10. The molecule has 1 aliphatic heterocycles. The van der Waals surface area contributed by atoms with E-state index in [2.05, 4.69) is 12.1 Å². The summed E-state index contributed by atoms with van der Waals surface area (Å²) in [5.74, 6) is 0.586. The van der Waals surface area contributed by atoms with Gasteiger partial charge in [-0.15, -0.1) is 23.1 Å². The molecule has 3 aromatic rings. The van der Waals surface area contributed by atoms with Crippen molar-refractivity contribution in [2.24, 2.45) is 4.99 Å². The highest BCUT2D eigenvalue weighted by molar-refractivity contribution is 8.00. The molecule has 4 rings (SSSR count). The molecule has 2 aromatic carbocycles. The average molecular weight is 353 g/mol. The monoisotopic (exact) mass is 353 g/mol. The maximum Gasteiger partial charge on any atom is 0.348 e. The number of esters is 1. The SMILES string of the molecule is CCOC(=O)c1cc2c3c(ccc2s1)N=C(c1ccccc1)CS3. The van der Waals surface area contributed by atoms with Gasteiger partial charge in [0, 0.05) is 20.7 Å². The number of thioether (sulfide) groups is 1. The number of rotatable bonds is 3. The van der Waals surface area contributed by atoms with Crippen LogP contribution in [0.25, 0.3) is 10.1 Å². The van der Waals surface area contributed by atoms with Gasteiger partial charge in [0.1, 0.15) is 4.88 Å². The number of carbonyl (C=O) groups excluding carboxylic acids is 1. The Morgan fingerprint density at radius 1 is 1.21 bits per heavy atom. The van der Waals surface area contributed by atoms with Crippen LogP contribution >= 0.6 is 23.1 Å². The van der Waals surface area contributed by atoms with Crippen LogP contribution in [0.2, 0.25) is 0 Å². The van der Waals surface area contributed by atoms with E-state index >= 15 is 0 Å². The molecule has 0 spiro atoms. The predicted octanol–water partition coefficient (Wildman–Crippen LogP) is 5.30. The molecule has 5 heteroatoms. The maximum absolute atomic E-state index is 12.0. The molecule has 1 aliphatic rings. The zero-order valence-electron chi connectivity index (χ0n) is 13.1. The predicted molar refractivity (Wildman–Crippen MR) is 101 cm³/mol. The van der Waals surface area contributed by atoms with Crippen LogP contribution < -0.4 is 0 Å². The highest BCUT2D eigenvalue weighted by atomic mass is 32.2. The average Bonchev–Trinajstić information content (AvgIpc) is 3.07. The van der Waals surface area contributed by atoms with Gasteiger partial charge in [-0.05, 0) is 30.7 Å². The smallest absolute Gasteiger partial charge is 0.348 e. The van der Waals surface area contributed by atoms with Gasteiger partial charge in [-0.3, -0.25) is 4.99 Å². The molecule has 0 bridgehead atoms. The number of hydrogen-bond donors (Lipinski definition) is 0. The summed E-state index contributed by atoms with van der Waals surface area (Å²) in [6, 6.07) is 16.3. The lowest BCUT2D eigenvalue weighted by Gasteiger charge is -2.16. The minimum absolute atomic E-state index is 0.248. The zero-order chi connectivity index (χ0) is 16.5. The van der Waals surface area contributed by atoms with Crippen molar-refractivity contribution >= 4 is 50.6 Å².